The molecular weight excluding hydrogens is 188 g/mol. The Labute approximate surface area is 92.7 Å². The van der Waals surface area contributed by atoms with Crippen LogP contribution < -0.4 is 4.57 Å². The van der Waals surface area contributed by atoms with Gasteiger partial charge < -0.3 is 4.74 Å². The van der Waals surface area contributed by atoms with Gasteiger partial charge in [-0.15, -0.1) is 0 Å². The molecule has 0 N–H and O–H groups in total. The average molecular weight is 211 g/mol. The molecule has 3 nitrogen and oxygen atoms in total. The van der Waals surface area contributed by atoms with Crippen LogP contribution in [0.15, 0.2) is 18.7 Å². The molecule has 0 unspecified atom stereocenters. The normalized spacial score (nSPS) is 10.8. The first-order valence-electron chi connectivity index (χ1n) is 5.90. The van der Waals surface area contributed by atoms with Crippen molar-refractivity contribution in [3.63, 3.8) is 0 Å². The third kappa shape index (κ3) is 4.98. The first-order valence-corrected chi connectivity index (χ1v) is 5.90. The van der Waals surface area contributed by atoms with E-state index < -0.39 is 0 Å². The lowest BCUT2D eigenvalue weighted by molar-refractivity contribution is -0.696. The summed E-state index contributed by atoms with van der Waals surface area (Å²) in [5.74, 6) is 0. The molecule has 0 bridgehead atoms. The number of hydrogen-bond acceptors (Lipinski definition) is 1. The fourth-order valence-electron chi connectivity index (χ4n) is 1.62. The number of aryl methyl sites for hydroxylation is 1. The van der Waals surface area contributed by atoms with Crippen LogP contribution >= 0.6 is 0 Å². The molecule has 86 valence electrons. The number of unbranched alkanes of at least 4 members (excludes halogenated alkanes) is 3. The van der Waals surface area contributed by atoms with E-state index in [2.05, 4.69) is 34.8 Å². The Morgan fingerprint density at radius 3 is 2.87 bits per heavy atom. The molecule has 0 aliphatic rings. The molecule has 0 spiro atoms. The van der Waals surface area contributed by atoms with Crippen molar-refractivity contribution in [1.82, 2.24) is 4.57 Å². The van der Waals surface area contributed by atoms with Crippen molar-refractivity contribution in [2.24, 2.45) is 0 Å². The number of imidazole rings is 1. The standard InChI is InChI=1S/C12H23N2O/c1-3-4-5-6-7-13-8-9-14(12-13)10-11-15-2/h8-9,12H,3-7,10-11H2,1-2H3/q+1. The van der Waals surface area contributed by atoms with Crippen molar-refractivity contribution in [2.75, 3.05) is 13.7 Å². The highest BCUT2D eigenvalue weighted by Crippen LogP contribution is 1.98. The summed E-state index contributed by atoms with van der Waals surface area (Å²) in [6, 6.07) is 0. The maximum absolute atomic E-state index is 5.04. The van der Waals surface area contributed by atoms with E-state index in [1.54, 1.807) is 7.11 Å². The monoisotopic (exact) mass is 211 g/mol. The van der Waals surface area contributed by atoms with E-state index in [4.69, 9.17) is 4.74 Å². The second-order valence-corrected chi connectivity index (χ2v) is 3.94. The van der Waals surface area contributed by atoms with Crippen LogP contribution in [-0.4, -0.2) is 18.3 Å². The zero-order valence-electron chi connectivity index (χ0n) is 9.98. The largest absolute Gasteiger partial charge is 0.381 e. The van der Waals surface area contributed by atoms with E-state index in [1.807, 2.05) is 0 Å². The molecule has 1 heterocycles. The number of ether oxygens (including phenoxy) is 1. The smallest absolute Gasteiger partial charge is 0.243 e. The SMILES string of the molecule is CCCCCC[n+]1ccn(CCOC)c1. The minimum absolute atomic E-state index is 0.782. The number of rotatable bonds is 8. The summed E-state index contributed by atoms with van der Waals surface area (Å²) in [5, 5.41) is 0. The van der Waals surface area contributed by atoms with Crippen LogP contribution in [0.1, 0.15) is 32.6 Å². The molecule has 0 fully saturated rings. The van der Waals surface area contributed by atoms with Crippen molar-refractivity contribution >= 4 is 0 Å². The van der Waals surface area contributed by atoms with Gasteiger partial charge in [-0.25, -0.2) is 9.13 Å². The molecule has 0 saturated heterocycles. The Morgan fingerprint density at radius 1 is 1.27 bits per heavy atom. The summed E-state index contributed by atoms with van der Waals surface area (Å²) in [6.45, 7) is 5.11. The third-order valence-electron chi connectivity index (χ3n) is 2.57. The molecule has 0 aliphatic heterocycles. The third-order valence-corrected chi connectivity index (χ3v) is 2.57. The summed E-state index contributed by atoms with van der Waals surface area (Å²) in [5.41, 5.74) is 0. The van der Waals surface area contributed by atoms with Gasteiger partial charge in [0, 0.05) is 7.11 Å². The van der Waals surface area contributed by atoms with Crippen molar-refractivity contribution < 1.29 is 9.30 Å². The first kappa shape index (κ1) is 12.2. The van der Waals surface area contributed by atoms with Gasteiger partial charge in [-0.1, -0.05) is 19.8 Å². The summed E-state index contributed by atoms with van der Waals surface area (Å²) < 4.78 is 9.46. The topological polar surface area (TPSA) is 18.0 Å². The van der Waals surface area contributed by atoms with Crippen molar-refractivity contribution in [3.05, 3.63) is 18.7 Å². The van der Waals surface area contributed by atoms with Crippen LogP contribution in [0.25, 0.3) is 0 Å². The van der Waals surface area contributed by atoms with Crippen LogP contribution in [0, 0.1) is 0 Å². The minimum Gasteiger partial charge on any atom is -0.381 e. The molecule has 3 heteroatoms. The Morgan fingerprint density at radius 2 is 2.13 bits per heavy atom. The highest BCUT2D eigenvalue weighted by Gasteiger charge is 2.02. The van der Waals surface area contributed by atoms with Gasteiger partial charge in [0.25, 0.3) is 0 Å². The minimum atomic E-state index is 0.782. The lowest BCUT2D eigenvalue weighted by Crippen LogP contribution is -2.31. The highest BCUT2D eigenvalue weighted by atomic mass is 16.5. The van der Waals surface area contributed by atoms with E-state index in [0.717, 1.165) is 19.7 Å². The Balaban J connectivity index is 2.20. The molecule has 1 aromatic rings. The molecule has 0 atom stereocenters. The Bertz CT molecular complexity index is 258. The van der Waals surface area contributed by atoms with Crippen LogP contribution in [0.3, 0.4) is 0 Å². The van der Waals surface area contributed by atoms with Crippen LogP contribution in [0.2, 0.25) is 0 Å². The van der Waals surface area contributed by atoms with E-state index in [-0.39, 0.29) is 0 Å². The number of hydrogen-bond donors (Lipinski definition) is 0. The molecule has 1 aromatic heterocycles. The van der Waals surface area contributed by atoms with E-state index in [9.17, 15) is 0 Å². The lowest BCUT2D eigenvalue weighted by atomic mass is 10.2. The number of aromatic nitrogens is 2. The predicted octanol–water partition coefficient (Wildman–Crippen LogP) is 2.00. The van der Waals surface area contributed by atoms with Crippen molar-refractivity contribution in [1.29, 1.82) is 0 Å². The molecule has 0 aliphatic carbocycles. The van der Waals surface area contributed by atoms with Gasteiger partial charge in [0.05, 0.1) is 13.2 Å². The zero-order valence-corrected chi connectivity index (χ0v) is 9.98. The van der Waals surface area contributed by atoms with Crippen LogP contribution in [0.5, 0.6) is 0 Å². The number of methoxy groups -OCH3 is 1. The van der Waals surface area contributed by atoms with E-state index >= 15 is 0 Å². The zero-order chi connectivity index (χ0) is 10.9. The number of nitrogens with zero attached hydrogens (tertiary/aromatic N) is 2. The van der Waals surface area contributed by atoms with Gasteiger partial charge in [0.15, 0.2) is 0 Å². The fraction of sp³-hybridized carbons (Fsp3) is 0.750. The van der Waals surface area contributed by atoms with Gasteiger partial charge in [-0.05, 0) is 12.8 Å². The average Bonchev–Trinajstić information content (AvgIpc) is 2.69. The quantitative estimate of drug-likeness (QED) is 0.475. The lowest BCUT2D eigenvalue weighted by Gasteiger charge is -1.96. The molecular formula is C12H23N2O+. The van der Waals surface area contributed by atoms with E-state index in [1.165, 1.54) is 25.7 Å². The molecule has 0 amide bonds. The van der Waals surface area contributed by atoms with Gasteiger partial charge in [0.1, 0.15) is 18.9 Å². The molecule has 1 rings (SSSR count). The second kappa shape index (κ2) is 7.46. The molecule has 0 aromatic carbocycles. The van der Waals surface area contributed by atoms with Crippen LogP contribution in [-0.2, 0) is 17.8 Å². The summed E-state index contributed by atoms with van der Waals surface area (Å²) in [4.78, 5) is 0. The maximum Gasteiger partial charge on any atom is 0.243 e. The van der Waals surface area contributed by atoms with Gasteiger partial charge >= 0.3 is 0 Å². The second-order valence-electron chi connectivity index (χ2n) is 3.94. The van der Waals surface area contributed by atoms with Gasteiger partial charge in [-0.3, -0.25) is 0 Å². The predicted molar refractivity (Wildman–Crippen MR) is 60.6 cm³/mol. The maximum atomic E-state index is 5.04. The van der Waals surface area contributed by atoms with Crippen molar-refractivity contribution in [3.8, 4) is 0 Å². The summed E-state index contributed by atoms with van der Waals surface area (Å²) in [6.07, 6.45) is 11.7. The van der Waals surface area contributed by atoms with Crippen molar-refractivity contribution in [2.45, 2.75) is 45.7 Å². The Hall–Kier alpha value is -0.830. The first-order chi connectivity index (χ1) is 7.36. The van der Waals surface area contributed by atoms with E-state index in [0.29, 0.717) is 0 Å². The summed E-state index contributed by atoms with van der Waals surface area (Å²) >= 11 is 0. The molecule has 0 radical (unpaired) electrons. The van der Waals surface area contributed by atoms with Gasteiger partial charge in [0.2, 0.25) is 6.33 Å². The molecule has 0 saturated carbocycles. The summed E-state index contributed by atoms with van der Waals surface area (Å²) in [7, 11) is 1.74. The molecule has 15 heavy (non-hydrogen) atoms. The highest BCUT2D eigenvalue weighted by molar-refractivity contribution is 4.65. The van der Waals surface area contributed by atoms with Crippen LogP contribution in [0.4, 0.5) is 0 Å². The fourth-order valence-corrected chi connectivity index (χ4v) is 1.62. The van der Waals surface area contributed by atoms with Gasteiger partial charge in [-0.2, -0.15) is 0 Å². The Kier molecular flexibility index (Phi) is 6.09.